The van der Waals surface area contributed by atoms with Gasteiger partial charge in [0.05, 0.1) is 0 Å². The van der Waals surface area contributed by atoms with E-state index in [9.17, 15) is 38.7 Å². The van der Waals surface area contributed by atoms with E-state index in [2.05, 4.69) is 53.2 Å². The zero-order chi connectivity index (χ0) is 79.2. The first kappa shape index (κ1) is 86.4. The molecule has 0 bridgehead atoms. The number of ether oxygens (including phenoxy) is 1. The number of alkyl carbamates (subject to hydrolysis) is 1. The Morgan fingerprint density at radius 3 is 0.936 bits per heavy atom. The third-order valence-electron chi connectivity index (χ3n) is 19.5. The van der Waals surface area contributed by atoms with Crippen molar-refractivity contribution in [1.29, 1.82) is 0 Å². The normalized spacial score (nSPS) is 14.2. The summed E-state index contributed by atoms with van der Waals surface area (Å²) < 4.78 is 5.68. The number of unbranched alkanes of at least 4 members (excludes halogenated alkanes) is 4. The lowest BCUT2D eigenvalue weighted by atomic mass is 9.98. The van der Waals surface area contributed by atoms with E-state index >= 15 is 19.2 Å². The molecule has 10 amide bonds. The first-order valence-electron chi connectivity index (χ1n) is 38.2. The summed E-state index contributed by atoms with van der Waals surface area (Å²) in [6, 6.07) is 39.1. The lowest BCUT2D eigenvalue weighted by Gasteiger charge is -2.29. The second kappa shape index (κ2) is 46.5. The molecule has 0 fully saturated rings. The highest BCUT2D eigenvalue weighted by molar-refractivity contribution is 5.99. The van der Waals surface area contributed by atoms with Gasteiger partial charge in [0.1, 0.15) is 67.5 Å². The number of carboxylic acid groups (broad SMARTS) is 1. The predicted octanol–water partition coefficient (Wildman–Crippen LogP) is 4.51. The van der Waals surface area contributed by atoms with E-state index in [4.69, 9.17) is 27.7 Å². The van der Waals surface area contributed by atoms with E-state index in [1.165, 1.54) is 0 Å². The quantitative estimate of drug-likeness (QED) is 0.0234. The monoisotopic (exact) mass is 1510 g/mol. The fourth-order valence-electron chi connectivity index (χ4n) is 13.2. The molecule has 6 aromatic rings. The van der Waals surface area contributed by atoms with Crippen LogP contribution < -0.4 is 76.1 Å². The number of rotatable bonds is 48. The van der Waals surface area contributed by atoms with Gasteiger partial charge in [-0.3, -0.25) is 43.2 Å². The van der Waals surface area contributed by atoms with Gasteiger partial charge in [-0.15, -0.1) is 0 Å². The van der Waals surface area contributed by atoms with Gasteiger partial charge in [-0.05, 0) is 154 Å². The van der Waals surface area contributed by atoms with E-state index < -0.39 is 132 Å². The van der Waals surface area contributed by atoms with Crippen molar-refractivity contribution in [3.05, 3.63) is 203 Å². The molecule has 0 saturated carbocycles. The summed E-state index contributed by atoms with van der Waals surface area (Å²) in [5.41, 5.74) is 30.2. The molecule has 1 aliphatic rings. The fourth-order valence-corrected chi connectivity index (χ4v) is 13.2. The van der Waals surface area contributed by atoms with Crippen LogP contribution in [0, 0.1) is 5.92 Å². The largest absolute Gasteiger partial charge is 0.480 e. The summed E-state index contributed by atoms with van der Waals surface area (Å²) in [5, 5.41) is 37.7. The van der Waals surface area contributed by atoms with Crippen molar-refractivity contribution in [2.75, 3.05) is 39.3 Å². The average Bonchev–Trinajstić information content (AvgIpc) is 1.61. The molecule has 0 radical (unpaired) electrons. The molecular weight excluding hydrogens is 1400 g/mol. The molecule has 590 valence electrons. The van der Waals surface area contributed by atoms with Crippen molar-refractivity contribution in [2.45, 2.75) is 183 Å². The molecule has 0 saturated heterocycles. The Morgan fingerprint density at radius 2 is 0.636 bits per heavy atom. The molecule has 10 atom stereocenters. The Hall–Kier alpha value is -10.9. The maximum Gasteiger partial charge on any atom is 0.407 e. The van der Waals surface area contributed by atoms with Gasteiger partial charge in [0.15, 0.2) is 0 Å². The van der Waals surface area contributed by atoms with Crippen LogP contribution in [0.3, 0.4) is 0 Å². The molecule has 6 aromatic carbocycles. The maximum absolute atomic E-state index is 15.2. The van der Waals surface area contributed by atoms with Crippen LogP contribution in [0.25, 0.3) is 11.1 Å². The smallest absolute Gasteiger partial charge is 0.407 e. The molecule has 7 rings (SSSR count). The third kappa shape index (κ3) is 28.0. The fraction of sp³-hybridized carbons (Fsp3) is 0.434. The number of fused-ring (bicyclic) bond motifs is 3. The number of aliphatic carboxylic acids is 1. The van der Waals surface area contributed by atoms with Gasteiger partial charge in [0, 0.05) is 31.6 Å². The molecule has 0 unspecified atom stereocenters. The van der Waals surface area contributed by atoms with E-state index in [0.29, 0.717) is 86.6 Å². The summed E-state index contributed by atoms with van der Waals surface area (Å²) in [4.78, 5) is 158. The maximum atomic E-state index is 15.2. The number of benzene rings is 6. The molecule has 0 spiro atoms. The van der Waals surface area contributed by atoms with E-state index in [-0.39, 0.29) is 83.5 Å². The Morgan fingerprint density at radius 1 is 0.364 bits per heavy atom. The first-order chi connectivity index (χ1) is 53.2. The topological polar surface area (TPSA) is 442 Å². The van der Waals surface area contributed by atoms with Gasteiger partial charge in [0.2, 0.25) is 53.2 Å². The number of carbonyl (C=O) groups excluding carboxylic acids is 10. The highest BCUT2D eigenvalue weighted by Gasteiger charge is 2.37. The van der Waals surface area contributed by atoms with Gasteiger partial charge >= 0.3 is 12.1 Å². The van der Waals surface area contributed by atoms with Crippen LogP contribution in [0.4, 0.5) is 4.79 Å². The standard InChI is InChI=1S/C83H110N14O13/c1-3-54(2)73(82(107)108)97-77(102)67(43-23-27-47-87)91-75(100)65(41-21-25-45-85)93-80(105)70(50-57-32-12-6-13-33-57)96-81(106)71(51-58-34-14-7-15-35-58)94-76(101)66(42-22-26-46-86)90-74(99)64(40-20-24-44-84)92-79(104)69(49-56-30-10-5-11-31-56)95-78(103)68(48-55-28-8-4-9-29-55)89-72(98)52-88-83(109)110-53-63-61-38-18-16-36-59(61)60-37-17-19-39-62(60)63/h4-19,28-39,54,63-71,73H,3,20-27,40-53,84-87H2,1-2H3,(H,88,109)(H,89,98)(H,90,99)(H,91,100)(H,92,104)(H,93,105)(H,94,101)(H,95,103)(H,96,106)(H,97,102)(H,107,108)/t54-,64-,65-,66-,67-,68-,69-,70-,71-,73-/m0/s1. The lowest BCUT2D eigenvalue weighted by Crippen LogP contribution is -2.61. The molecule has 19 N–H and O–H groups in total. The summed E-state index contributed by atoms with van der Waals surface area (Å²) in [7, 11) is 0. The minimum Gasteiger partial charge on any atom is -0.480 e. The number of carboxylic acids is 1. The van der Waals surface area contributed by atoms with Crippen molar-refractivity contribution < 1.29 is 62.6 Å². The van der Waals surface area contributed by atoms with Crippen LogP contribution in [0.15, 0.2) is 170 Å². The highest BCUT2D eigenvalue weighted by atomic mass is 16.5. The Balaban J connectivity index is 1.10. The highest BCUT2D eigenvalue weighted by Crippen LogP contribution is 2.44. The van der Waals surface area contributed by atoms with Crippen molar-refractivity contribution >= 4 is 65.2 Å². The van der Waals surface area contributed by atoms with Gasteiger partial charge in [-0.2, -0.15) is 0 Å². The minimum atomic E-state index is -1.41. The zero-order valence-electron chi connectivity index (χ0n) is 62.9. The summed E-state index contributed by atoms with van der Waals surface area (Å²) >= 11 is 0. The Bertz CT molecular complexity index is 3890. The summed E-state index contributed by atoms with van der Waals surface area (Å²) in [6.45, 7) is 3.95. The molecule has 1 aliphatic carbocycles. The van der Waals surface area contributed by atoms with E-state index in [0.717, 1.165) is 22.3 Å². The van der Waals surface area contributed by atoms with Gasteiger partial charge in [0.25, 0.3) is 0 Å². The van der Waals surface area contributed by atoms with Crippen molar-refractivity contribution in [3.8, 4) is 11.1 Å². The minimum absolute atomic E-state index is 0.000270. The Kier molecular flexibility index (Phi) is 36.5. The second-order valence-corrected chi connectivity index (χ2v) is 27.8. The number of hydrogen-bond acceptors (Lipinski definition) is 16. The molecule has 0 heterocycles. The van der Waals surface area contributed by atoms with Crippen molar-refractivity contribution in [1.82, 2.24) is 53.2 Å². The summed E-state index contributed by atoms with van der Waals surface area (Å²) in [5.74, 6) is -8.84. The van der Waals surface area contributed by atoms with Crippen molar-refractivity contribution in [2.24, 2.45) is 28.9 Å². The van der Waals surface area contributed by atoms with E-state index in [1.807, 2.05) is 48.5 Å². The predicted molar refractivity (Wildman–Crippen MR) is 420 cm³/mol. The molecule has 27 heteroatoms. The van der Waals surface area contributed by atoms with Gasteiger partial charge in [-0.1, -0.05) is 190 Å². The van der Waals surface area contributed by atoms with Gasteiger partial charge < -0.3 is 85.9 Å². The lowest BCUT2D eigenvalue weighted by molar-refractivity contribution is -0.144. The summed E-state index contributed by atoms with van der Waals surface area (Å²) in [6.07, 6.45) is 2.72. The molecule has 27 nitrogen and oxygen atoms in total. The zero-order valence-corrected chi connectivity index (χ0v) is 62.9. The van der Waals surface area contributed by atoms with Crippen LogP contribution in [0.5, 0.6) is 0 Å². The SMILES string of the molecule is CC[C@H](C)[C@H](NC(=O)[C@H](CCCCN)NC(=O)[C@H](CCCCN)NC(=O)[C@H](Cc1ccccc1)NC(=O)[C@H](Cc1ccccc1)NC(=O)[C@H](CCCCN)NC(=O)[C@H](CCCCN)NC(=O)[C@H](Cc1ccccc1)NC(=O)[C@H](Cc1ccccc1)NC(=O)CNC(=O)OCC1c2ccccc2-c2ccccc21)C(=O)O. The first-order valence-corrected chi connectivity index (χ1v) is 38.2. The second-order valence-electron chi connectivity index (χ2n) is 27.8. The van der Waals surface area contributed by atoms with Crippen LogP contribution in [0.2, 0.25) is 0 Å². The number of amides is 10. The number of hydrogen-bond donors (Lipinski definition) is 15. The van der Waals surface area contributed by atoms with Crippen LogP contribution in [-0.4, -0.2) is 164 Å². The van der Waals surface area contributed by atoms with Crippen LogP contribution in [-0.2, 0) is 78.4 Å². The number of carbonyl (C=O) groups is 11. The third-order valence-corrected chi connectivity index (χ3v) is 19.5. The van der Waals surface area contributed by atoms with Gasteiger partial charge in [-0.25, -0.2) is 9.59 Å². The molecule has 0 aromatic heterocycles. The van der Waals surface area contributed by atoms with Crippen LogP contribution in [0.1, 0.15) is 137 Å². The van der Waals surface area contributed by atoms with E-state index in [1.54, 1.807) is 135 Å². The van der Waals surface area contributed by atoms with Crippen LogP contribution >= 0.6 is 0 Å². The average molecular weight is 1510 g/mol. The molecule has 110 heavy (non-hydrogen) atoms. The molecular formula is C83H110N14O13. The number of nitrogens with two attached hydrogens (primary N) is 4. The number of nitrogens with one attached hydrogen (secondary N) is 10. The Labute approximate surface area is 643 Å². The van der Waals surface area contributed by atoms with Crippen molar-refractivity contribution in [3.63, 3.8) is 0 Å². The molecule has 0 aliphatic heterocycles.